The van der Waals surface area contributed by atoms with Crippen LogP contribution in [0, 0.1) is 0 Å². The van der Waals surface area contributed by atoms with Gasteiger partial charge in [0.05, 0.1) is 24.4 Å². The number of hydrogen-bond acceptors (Lipinski definition) is 5. The fourth-order valence-corrected chi connectivity index (χ4v) is 2.68. The predicted octanol–water partition coefficient (Wildman–Crippen LogP) is 2.17. The first-order chi connectivity index (χ1) is 13.5. The molecule has 0 saturated heterocycles. The third-order valence-electron chi connectivity index (χ3n) is 4.04. The highest BCUT2D eigenvalue weighted by Crippen LogP contribution is 2.32. The molecule has 0 aromatic heterocycles. The van der Waals surface area contributed by atoms with E-state index in [1.165, 1.54) is 0 Å². The van der Waals surface area contributed by atoms with Crippen LogP contribution in [0.15, 0.2) is 42.5 Å². The van der Waals surface area contributed by atoms with Gasteiger partial charge in [0.25, 0.3) is 11.8 Å². The highest BCUT2D eigenvalue weighted by atomic mass is 16.5. The fraction of sp³-hybridized carbons (Fsp3) is 0.250. The number of para-hydroxylation sites is 1. The maximum atomic E-state index is 12.3. The molecule has 8 nitrogen and oxygen atoms in total. The Morgan fingerprint density at radius 2 is 2.00 bits per heavy atom. The molecule has 1 aliphatic rings. The number of fused-ring (bicyclic) bond motifs is 1. The number of carbonyl (C=O) groups is 3. The maximum absolute atomic E-state index is 12.3. The average molecular weight is 383 g/mol. The van der Waals surface area contributed by atoms with Crippen molar-refractivity contribution in [3.8, 4) is 11.5 Å². The lowest BCUT2D eigenvalue weighted by Crippen LogP contribution is -2.34. The number of amides is 3. The Labute approximate surface area is 162 Å². The molecule has 3 N–H and O–H groups in total. The van der Waals surface area contributed by atoms with Crippen molar-refractivity contribution < 1.29 is 23.9 Å². The molecule has 0 bridgehead atoms. The van der Waals surface area contributed by atoms with Crippen LogP contribution in [0.5, 0.6) is 11.5 Å². The van der Waals surface area contributed by atoms with Crippen molar-refractivity contribution in [2.75, 3.05) is 23.8 Å². The van der Waals surface area contributed by atoms with E-state index in [2.05, 4.69) is 16.0 Å². The van der Waals surface area contributed by atoms with Crippen molar-refractivity contribution in [2.24, 2.45) is 0 Å². The van der Waals surface area contributed by atoms with Crippen molar-refractivity contribution in [1.82, 2.24) is 5.32 Å². The number of anilines is 2. The molecule has 3 rings (SSSR count). The van der Waals surface area contributed by atoms with Gasteiger partial charge in [0, 0.05) is 5.69 Å². The smallest absolute Gasteiger partial charge is 0.265 e. The van der Waals surface area contributed by atoms with Gasteiger partial charge in [-0.15, -0.1) is 0 Å². The first-order valence-corrected chi connectivity index (χ1v) is 8.89. The summed E-state index contributed by atoms with van der Waals surface area (Å²) in [5, 5.41) is 7.95. The van der Waals surface area contributed by atoms with E-state index in [9.17, 15) is 14.4 Å². The van der Waals surface area contributed by atoms with Gasteiger partial charge in [-0.05, 0) is 44.2 Å². The molecule has 2 aromatic rings. The maximum Gasteiger partial charge on any atom is 0.265 e. The van der Waals surface area contributed by atoms with Gasteiger partial charge in [0.1, 0.15) is 11.5 Å². The molecular weight excluding hydrogens is 362 g/mol. The second-order valence-electron chi connectivity index (χ2n) is 6.12. The molecule has 146 valence electrons. The number of rotatable bonds is 6. The molecule has 1 atom stereocenters. The van der Waals surface area contributed by atoms with E-state index in [-0.39, 0.29) is 12.5 Å². The standard InChI is InChI=1S/C20H21N3O5/c1-3-27-16-7-5-4-6-14(16)20(26)21-11-18(24)22-13-8-9-17-15(10-13)23-19(25)12(2)28-17/h4-10,12H,3,11H2,1-2H3,(H,21,26)(H,22,24)(H,23,25). The fourth-order valence-electron chi connectivity index (χ4n) is 2.68. The molecule has 1 unspecified atom stereocenters. The lowest BCUT2D eigenvalue weighted by atomic mass is 10.2. The van der Waals surface area contributed by atoms with Crippen LogP contribution in [0.1, 0.15) is 24.2 Å². The topological polar surface area (TPSA) is 106 Å². The van der Waals surface area contributed by atoms with Gasteiger partial charge < -0.3 is 25.4 Å². The molecule has 0 radical (unpaired) electrons. The number of ether oxygens (including phenoxy) is 2. The normalized spacial score (nSPS) is 14.9. The first-order valence-electron chi connectivity index (χ1n) is 8.89. The molecule has 28 heavy (non-hydrogen) atoms. The number of benzene rings is 2. The summed E-state index contributed by atoms with van der Waals surface area (Å²) < 4.78 is 10.9. The Kier molecular flexibility index (Phi) is 5.78. The summed E-state index contributed by atoms with van der Waals surface area (Å²) >= 11 is 0. The predicted molar refractivity (Wildman–Crippen MR) is 104 cm³/mol. The Morgan fingerprint density at radius 3 is 2.79 bits per heavy atom. The summed E-state index contributed by atoms with van der Waals surface area (Å²) in [7, 11) is 0. The van der Waals surface area contributed by atoms with Crippen molar-refractivity contribution >= 4 is 29.1 Å². The summed E-state index contributed by atoms with van der Waals surface area (Å²) in [5.41, 5.74) is 1.32. The van der Waals surface area contributed by atoms with Gasteiger partial charge in [-0.1, -0.05) is 12.1 Å². The lowest BCUT2D eigenvalue weighted by Gasteiger charge is -2.23. The third kappa shape index (κ3) is 4.40. The second kappa shape index (κ2) is 8.43. The quantitative estimate of drug-likeness (QED) is 0.709. The van der Waals surface area contributed by atoms with Gasteiger partial charge in [-0.25, -0.2) is 0 Å². The van der Waals surface area contributed by atoms with Crippen LogP contribution in [-0.2, 0) is 9.59 Å². The molecule has 3 amide bonds. The van der Waals surface area contributed by atoms with E-state index >= 15 is 0 Å². The van der Waals surface area contributed by atoms with Crippen LogP contribution in [0.25, 0.3) is 0 Å². The van der Waals surface area contributed by atoms with Crippen LogP contribution < -0.4 is 25.4 Å². The van der Waals surface area contributed by atoms with Crippen LogP contribution >= 0.6 is 0 Å². The minimum absolute atomic E-state index is 0.212. The van der Waals surface area contributed by atoms with Gasteiger partial charge >= 0.3 is 0 Å². The average Bonchev–Trinajstić information content (AvgIpc) is 2.68. The molecule has 0 spiro atoms. The van der Waals surface area contributed by atoms with Gasteiger partial charge in [-0.3, -0.25) is 14.4 Å². The SMILES string of the molecule is CCOc1ccccc1C(=O)NCC(=O)Nc1ccc2c(c1)NC(=O)C(C)O2. The van der Waals surface area contributed by atoms with Crippen molar-refractivity contribution in [3.05, 3.63) is 48.0 Å². The summed E-state index contributed by atoms with van der Waals surface area (Å²) in [6, 6.07) is 11.7. The second-order valence-corrected chi connectivity index (χ2v) is 6.12. The van der Waals surface area contributed by atoms with E-state index < -0.39 is 17.9 Å². The number of nitrogens with one attached hydrogen (secondary N) is 3. The molecule has 0 fully saturated rings. The third-order valence-corrected chi connectivity index (χ3v) is 4.04. The van der Waals surface area contributed by atoms with E-state index in [0.29, 0.717) is 35.0 Å². The van der Waals surface area contributed by atoms with Gasteiger partial charge in [0.2, 0.25) is 5.91 Å². The largest absolute Gasteiger partial charge is 0.493 e. The van der Waals surface area contributed by atoms with Gasteiger partial charge in [0.15, 0.2) is 6.10 Å². The molecule has 1 aliphatic heterocycles. The zero-order chi connectivity index (χ0) is 20.1. The molecule has 1 heterocycles. The molecule has 0 saturated carbocycles. The minimum atomic E-state index is -0.567. The highest BCUT2D eigenvalue weighted by Gasteiger charge is 2.23. The van der Waals surface area contributed by atoms with Crippen molar-refractivity contribution in [1.29, 1.82) is 0 Å². The van der Waals surface area contributed by atoms with E-state index in [1.54, 1.807) is 49.4 Å². The Bertz CT molecular complexity index is 912. The van der Waals surface area contributed by atoms with Crippen molar-refractivity contribution in [3.63, 3.8) is 0 Å². The van der Waals surface area contributed by atoms with Crippen LogP contribution in [0.3, 0.4) is 0 Å². The highest BCUT2D eigenvalue weighted by molar-refractivity contribution is 6.02. The summed E-state index contributed by atoms with van der Waals surface area (Å²) in [5.74, 6) is -0.0670. The van der Waals surface area contributed by atoms with E-state index in [1.807, 2.05) is 6.92 Å². The molecular formula is C20H21N3O5. The van der Waals surface area contributed by atoms with Crippen molar-refractivity contribution in [2.45, 2.75) is 20.0 Å². The molecule has 2 aromatic carbocycles. The van der Waals surface area contributed by atoms with E-state index in [4.69, 9.17) is 9.47 Å². The monoisotopic (exact) mass is 383 g/mol. The molecule has 0 aliphatic carbocycles. The zero-order valence-electron chi connectivity index (χ0n) is 15.6. The zero-order valence-corrected chi connectivity index (χ0v) is 15.6. The van der Waals surface area contributed by atoms with Crippen LogP contribution in [0.2, 0.25) is 0 Å². The Hall–Kier alpha value is -3.55. The summed E-state index contributed by atoms with van der Waals surface area (Å²) in [6.07, 6.45) is -0.567. The number of hydrogen-bond donors (Lipinski definition) is 3. The Balaban J connectivity index is 1.59. The van der Waals surface area contributed by atoms with E-state index in [0.717, 1.165) is 0 Å². The number of carbonyl (C=O) groups excluding carboxylic acids is 3. The van der Waals surface area contributed by atoms with Crippen LogP contribution in [-0.4, -0.2) is 37.0 Å². The van der Waals surface area contributed by atoms with Crippen LogP contribution in [0.4, 0.5) is 11.4 Å². The lowest BCUT2D eigenvalue weighted by molar-refractivity contribution is -0.122. The summed E-state index contributed by atoms with van der Waals surface area (Å²) in [4.78, 5) is 36.2. The first kappa shape index (κ1) is 19.2. The molecule has 8 heteroatoms. The summed E-state index contributed by atoms with van der Waals surface area (Å²) in [6.45, 7) is 3.70. The minimum Gasteiger partial charge on any atom is -0.493 e. The Morgan fingerprint density at radius 1 is 1.21 bits per heavy atom. The van der Waals surface area contributed by atoms with Gasteiger partial charge in [-0.2, -0.15) is 0 Å².